The molecule has 0 amide bonds. The maximum absolute atomic E-state index is 11.7. The highest BCUT2D eigenvalue weighted by molar-refractivity contribution is 6.68. The minimum atomic E-state index is -0.600. The molecule has 0 spiro atoms. The van der Waals surface area contributed by atoms with Crippen molar-refractivity contribution < 1.29 is 14.3 Å². The quantitative estimate of drug-likeness (QED) is 0.405. The lowest BCUT2D eigenvalue weighted by atomic mass is 10.2. The van der Waals surface area contributed by atoms with E-state index in [1.165, 1.54) is 0 Å². The molecule has 0 atom stereocenters. The van der Waals surface area contributed by atoms with Gasteiger partial charge in [-0.1, -0.05) is 42.5 Å². The summed E-state index contributed by atoms with van der Waals surface area (Å²) in [5.74, 6) is 0.840. The highest BCUT2D eigenvalue weighted by atomic mass is 35.5. The number of hydrogen-bond acceptors (Lipinski definition) is 3. The zero-order valence-electron chi connectivity index (χ0n) is 12.1. The van der Waals surface area contributed by atoms with Crippen LogP contribution in [0.5, 0.6) is 11.5 Å². The fraction of sp³-hybridized carbons (Fsp3) is 0.167. The summed E-state index contributed by atoms with van der Waals surface area (Å²) in [4.78, 5) is 11.7. The van der Waals surface area contributed by atoms with Gasteiger partial charge in [-0.25, -0.2) is 0 Å². The van der Waals surface area contributed by atoms with Gasteiger partial charge in [0, 0.05) is 0 Å². The van der Waals surface area contributed by atoms with E-state index in [9.17, 15) is 4.79 Å². The summed E-state index contributed by atoms with van der Waals surface area (Å²) in [6.07, 6.45) is 2.43. The van der Waals surface area contributed by atoms with Crippen molar-refractivity contribution in [2.24, 2.45) is 0 Å². The molecule has 0 aliphatic rings. The first-order chi connectivity index (χ1) is 10.7. The van der Waals surface area contributed by atoms with Crippen molar-refractivity contribution in [3.63, 3.8) is 0 Å². The Kier molecular flexibility index (Phi) is 6.04. The van der Waals surface area contributed by atoms with Crippen molar-refractivity contribution in [3.8, 4) is 11.5 Å². The largest absolute Gasteiger partial charge is 0.492 e. The molecule has 0 bridgehead atoms. The maximum Gasteiger partial charge on any atom is 0.259 e. The normalized spacial score (nSPS) is 10.0. The molecular formula is C18H17ClO3. The van der Waals surface area contributed by atoms with E-state index in [-0.39, 0.29) is 5.56 Å². The van der Waals surface area contributed by atoms with Crippen molar-refractivity contribution in [2.75, 3.05) is 6.61 Å². The van der Waals surface area contributed by atoms with Gasteiger partial charge < -0.3 is 9.47 Å². The fourth-order valence-corrected chi connectivity index (χ4v) is 2.12. The summed E-state index contributed by atoms with van der Waals surface area (Å²) in [6, 6.07) is 14.9. The van der Waals surface area contributed by atoms with Gasteiger partial charge in [0.2, 0.25) is 0 Å². The summed E-state index contributed by atoms with van der Waals surface area (Å²) in [5, 5.41) is -0.600. The molecule has 0 aromatic heterocycles. The summed E-state index contributed by atoms with van der Waals surface area (Å²) >= 11 is 5.69. The molecule has 0 N–H and O–H groups in total. The Labute approximate surface area is 135 Å². The molecule has 2 aromatic carbocycles. The Morgan fingerprint density at radius 2 is 1.73 bits per heavy atom. The van der Waals surface area contributed by atoms with Crippen LogP contribution in [0.2, 0.25) is 0 Å². The van der Waals surface area contributed by atoms with E-state index in [1.54, 1.807) is 24.3 Å². The van der Waals surface area contributed by atoms with Gasteiger partial charge >= 0.3 is 0 Å². The highest BCUT2D eigenvalue weighted by Crippen LogP contribution is 2.31. The molecule has 22 heavy (non-hydrogen) atoms. The van der Waals surface area contributed by atoms with Crippen molar-refractivity contribution in [2.45, 2.75) is 13.0 Å². The fourth-order valence-electron chi connectivity index (χ4n) is 1.93. The molecule has 0 aliphatic carbocycles. The lowest BCUT2D eigenvalue weighted by molar-refractivity contribution is 0.107. The van der Waals surface area contributed by atoms with Gasteiger partial charge in [0.1, 0.15) is 23.7 Å². The van der Waals surface area contributed by atoms with E-state index in [2.05, 4.69) is 6.58 Å². The molecule has 3 nitrogen and oxygen atoms in total. The van der Waals surface area contributed by atoms with Crippen LogP contribution >= 0.6 is 11.6 Å². The second-order valence-corrected chi connectivity index (χ2v) is 4.95. The summed E-state index contributed by atoms with van der Waals surface area (Å²) in [5.41, 5.74) is 1.26. The topological polar surface area (TPSA) is 35.5 Å². The molecule has 0 saturated carbocycles. The molecule has 0 fully saturated rings. The molecule has 2 rings (SSSR count). The van der Waals surface area contributed by atoms with Crippen LogP contribution in [-0.4, -0.2) is 11.8 Å². The first kappa shape index (κ1) is 16.1. The van der Waals surface area contributed by atoms with E-state index in [0.717, 1.165) is 5.56 Å². The van der Waals surface area contributed by atoms with Crippen molar-refractivity contribution >= 4 is 16.8 Å². The van der Waals surface area contributed by atoms with Crippen molar-refractivity contribution in [3.05, 3.63) is 72.3 Å². The lowest BCUT2D eigenvalue weighted by Crippen LogP contribution is -2.05. The Hall–Kier alpha value is -2.26. The van der Waals surface area contributed by atoms with Gasteiger partial charge in [-0.05, 0) is 35.7 Å². The SMILES string of the molecule is C=CCCOc1cccc(OCc2ccccc2)c1C(=O)Cl. The molecule has 114 valence electrons. The van der Waals surface area contributed by atoms with Crippen molar-refractivity contribution in [1.82, 2.24) is 0 Å². The van der Waals surface area contributed by atoms with Gasteiger partial charge in [0.05, 0.1) is 6.61 Å². The predicted octanol–water partition coefficient (Wildman–Crippen LogP) is 4.60. The summed E-state index contributed by atoms with van der Waals surface area (Å²) < 4.78 is 11.3. The number of ether oxygens (including phenoxy) is 2. The van der Waals surface area contributed by atoms with Crippen LogP contribution < -0.4 is 9.47 Å². The summed E-state index contributed by atoms with van der Waals surface area (Å²) in [6.45, 7) is 4.42. The maximum atomic E-state index is 11.7. The molecule has 0 unspecified atom stereocenters. The van der Waals surface area contributed by atoms with Crippen LogP contribution in [0.3, 0.4) is 0 Å². The third-order valence-corrected chi connectivity index (χ3v) is 3.19. The third kappa shape index (κ3) is 4.37. The van der Waals surface area contributed by atoms with Crippen LogP contribution in [0, 0.1) is 0 Å². The first-order valence-corrected chi connectivity index (χ1v) is 7.33. The minimum absolute atomic E-state index is 0.254. The third-order valence-electron chi connectivity index (χ3n) is 3.00. The number of halogens is 1. The molecular weight excluding hydrogens is 300 g/mol. The predicted molar refractivity (Wildman–Crippen MR) is 87.7 cm³/mol. The molecule has 4 heteroatoms. The number of rotatable bonds is 8. The minimum Gasteiger partial charge on any atom is -0.492 e. The first-order valence-electron chi connectivity index (χ1n) is 6.95. The van der Waals surface area contributed by atoms with E-state index >= 15 is 0 Å². The lowest BCUT2D eigenvalue weighted by Gasteiger charge is -2.13. The van der Waals surface area contributed by atoms with E-state index in [1.807, 2.05) is 30.3 Å². The number of benzene rings is 2. The van der Waals surface area contributed by atoms with E-state index in [4.69, 9.17) is 21.1 Å². The summed E-state index contributed by atoms with van der Waals surface area (Å²) in [7, 11) is 0. The van der Waals surface area contributed by atoms with Crippen molar-refractivity contribution in [1.29, 1.82) is 0 Å². The molecule has 2 aromatic rings. The second kappa shape index (κ2) is 8.25. The molecule has 0 radical (unpaired) electrons. The Balaban J connectivity index is 2.17. The van der Waals surface area contributed by atoms with E-state index < -0.39 is 5.24 Å². The van der Waals surface area contributed by atoms with Crippen LogP contribution in [-0.2, 0) is 6.61 Å². The van der Waals surface area contributed by atoms with Gasteiger partial charge in [-0.3, -0.25) is 4.79 Å². The Morgan fingerprint density at radius 1 is 1.05 bits per heavy atom. The second-order valence-electron chi connectivity index (χ2n) is 4.60. The zero-order chi connectivity index (χ0) is 15.8. The van der Waals surface area contributed by atoms with Crippen LogP contribution in [0.15, 0.2) is 61.2 Å². The van der Waals surface area contributed by atoms with Gasteiger partial charge in [0.15, 0.2) is 0 Å². The van der Waals surface area contributed by atoms with Gasteiger partial charge in [0.25, 0.3) is 5.24 Å². The molecule has 0 saturated heterocycles. The number of hydrogen-bond donors (Lipinski definition) is 0. The van der Waals surface area contributed by atoms with Crippen LogP contribution in [0.25, 0.3) is 0 Å². The highest BCUT2D eigenvalue weighted by Gasteiger charge is 2.17. The van der Waals surface area contributed by atoms with Crippen LogP contribution in [0.4, 0.5) is 0 Å². The average Bonchev–Trinajstić information content (AvgIpc) is 2.54. The standard InChI is InChI=1S/C18H17ClO3/c1-2-3-12-21-15-10-7-11-16(17(15)18(19)20)22-13-14-8-5-4-6-9-14/h2,4-11H,1,3,12-13H2. The number of carbonyl (C=O) groups is 1. The average molecular weight is 317 g/mol. The van der Waals surface area contributed by atoms with Gasteiger partial charge in [-0.15, -0.1) is 6.58 Å². The Morgan fingerprint density at radius 3 is 2.36 bits per heavy atom. The Bertz CT molecular complexity index is 638. The molecule has 0 aliphatic heterocycles. The van der Waals surface area contributed by atoms with Crippen LogP contribution in [0.1, 0.15) is 22.3 Å². The molecule has 0 heterocycles. The van der Waals surface area contributed by atoms with E-state index in [0.29, 0.717) is 31.1 Å². The smallest absolute Gasteiger partial charge is 0.259 e. The monoisotopic (exact) mass is 316 g/mol. The zero-order valence-corrected chi connectivity index (χ0v) is 12.9. The van der Waals surface area contributed by atoms with Gasteiger partial charge in [-0.2, -0.15) is 0 Å². The number of carbonyl (C=O) groups excluding carboxylic acids is 1.